The molecule has 1 aromatic rings. The number of hydrogen-bond acceptors (Lipinski definition) is 3. The van der Waals surface area contributed by atoms with Crippen LogP contribution in [0.2, 0.25) is 6.04 Å². The Morgan fingerprint density at radius 3 is 2.43 bits per heavy atom. The first-order valence-electron chi connectivity index (χ1n) is 7.59. The summed E-state index contributed by atoms with van der Waals surface area (Å²) in [4.78, 5) is 13.6. The molecule has 0 aliphatic heterocycles. The first kappa shape index (κ1) is 17.6. The lowest BCUT2D eigenvalue weighted by Gasteiger charge is -2.27. The molecule has 0 saturated heterocycles. The van der Waals surface area contributed by atoms with Gasteiger partial charge in [0.05, 0.1) is 6.61 Å². The molecule has 118 valence electrons. The SMILES string of the molecule is CCC(C)(C)OC(=O)N(C)c1ccc(OCCC[SiH3])cc1. The summed E-state index contributed by atoms with van der Waals surface area (Å²) in [6.45, 7) is 6.57. The number of amides is 1. The van der Waals surface area contributed by atoms with Crippen molar-refractivity contribution >= 4 is 22.0 Å². The van der Waals surface area contributed by atoms with Gasteiger partial charge >= 0.3 is 6.09 Å². The van der Waals surface area contributed by atoms with Crippen molar-refractivity contribution in [3.63, 3.8) is 0 Å². The van der Waals surface area contributed by atoms with E-state index < -0.39 is 5.60 Å². The average Bonchev–Trinajstić information content (AvgIpc) is 2.47. The minimum atomic E-state index is -0.447. The molecule has 0 heterocycles. The molecule has 21 heavy (non-hydrogen) atoms. The summed E-state index contributed by atoms with van der Waals surface area (Å²) in [6, 6.07) is 8.76. The first-order valence-corrected chi connectivity index (χ1v) is 9.00. The van der Waals surface area contributed by atoms with Crippen LogP contribution in [0.1, 0.15) is 33.6 Å². The highest BCUT2D eigenvalue weighted by Crippen LogP contribution is 2.21. The minimum Gasteiger partial charge on any atom is -0.494 e. The number of ether oxygens (including phenoxy) is 2. The third-order valence-corrected chi connectivity index (χ3v) is 4.19. The number of benzene rings is 1. The predicted molar refractivity (Wildman–Crippen MR) is 90.6 cm³/mol. The smallest absolute Gasteiger partial charge is 0.414 e. The summed E-state index contributed by atoms with van der Waals surface area (Å²) >= 11 is 0. The van der Waals surface area contributed by atoms with Crippen LogP contribution in [0.5, 0.6) is 5.75 Å². The van der Waals surface area contributed by atoms with E-state index in [1.165, 1.54) is 21.2 Å². The molecule has 4 nitrogen and oxygen atoms in total. The van der Waals surface area contributed by atoms with Crippen LogP contribution < -0.4 is 9.64 Å². The Hall–Kier alpha value is -1.49. The van der Waals surface area contributed by atoms with Crippen molar-refractivity contribution in [2.45, 2.75) is 45.3 Å². The summed E-state index contributed by atoms with van der Waals surface area (Å²) in [5.41, 5.74) is 0.347. The van der Waals surface area contributed by atoms with Gasteiger partial charge in [0.25, 0.3) is 0 Å². The van der Waals surface area contributed by atoms with Crippen LogP contribution in [0.3, 0.4) is 0 Å². The average molecular weight is 309 g/mol. The fourth-order valence-corrected chi connectivity index (χ4v) is 1.87. The van der Waals surface area contributed by atoms with E-state index in [1.54, 1.807) is 7.05 Å². The maximum atomic E-state index is 12.1. The van der Waals surface area contributed by atoms with E-state index in [9.17, 15) is 4.79 Å². The van der Waals surface area contributed by atoms with Crippen LogP contribution in [0.4, 0.5) is 10.5 Å². The van der Waals surface area contributed by atoms with E-state index in [1.807, 2.05) is 45.0 Å². The summed E-state index contributed by atoms with van der Waals surface area (Å²) in [5, 5.41) is 0. The van der Waals surface area contributed by atoms with Gasteiger partial charge in [-0.2, -0.15) is 0 Å². The highest BCUT2D eigenvalue weighted by molar-refractivity contribution is 6.08. The standard InChI is InChI=1S/C16H27NO3Si/c1-5-16(2,3)20-15(18)17(4)13-7-9-14(10-8-13)19-11-6-12-21/h7-10H,5-6,11-12H2,1-4,21H3. The maximum Gasteiger partial charge on any atom is 0.414 e. The topological polar surface area (TPSA) is 38.8 Å². The number of nitrogens with zero attached hydrogens (tertiary/aromatic N) is 1. The Kier molecular flexibility index (Phi) is 6.75. The number of carbonyl (C=O) groups is 1. The predicted octanol–water partition coefficient (Wildman–Crippen LogP) is 3.00. The molecule has 1 amide bonds. The zero-order valence-electron chi connectivity index (χ0n) is 13.8. The molecule has 0 atom stereocenters. The zero-order chi connectivity index (χ0) is 15.9. The van der Waals surface area contributed by atoms with Crippen LogP contribution >= 0.6 is 0 Å². The van der Waals surface area contributed by atoms with Gasteiger partial charge in [-0.3, -0.25) is 4.90 Å². The molecule has 0 unspecified atom stereocenters. The fraction of sp³-hybridized carbons (Fsp3) is 0.562. The van der Waals surface area contributed by atoms with Crippen LogP contribution in [0.15, 0.2) is 24.3 Å². The Morgan fingerprint density at radius 2 is 1.90 bits per heavy atom. The van der Waals surface area contributed by atoms with Crippen molar-refractivity contribution in [1.29, 1.82) is 0 Å². The van der Waals surface area contributed by atoms with Gasteiger partial charge in [-0.1, -0.05) is 13.0 Å². The van der Waals surface area contributed by atoms with Crippen molar-refractivity contribution in [2.24, 2.45) is 0 Å². The second-order valence-corrected chi connectivity index (χ2v) is 6.74. The second-order valence-electron chi connectivity index (χ2n) is 5.74. The molecule has 0 spiro atoms. The number of anilines is 1. The molecule has 0 saturated carbocycles. The molecular formula is C16H27NO3Si. The molecule has 0 fully saturated rings. The molecular weight excluding hydrogens is 282 g/mol. The van der Waals surface area contributed by atoms with Gasteiger partial charge in [-0.05, 0) is 51.0 Å². The molecule has 0 N–H and O–H groups in total. The highest BCUT2D eigenvalue weighted by Gasteiger charge is 2.23. The Morgan fingerprint density at radius 1 is 1.29 bits per heavy atom. The fourth-order valence-electron chi connectivity index (χ4n) is 1.58. The van der Waals surface area contributed by atoms with Crippen LogP contribution in [0.25, 0.3) is 0 Å². The quantitative estimate of drug-likeness (QED) is 0.574. The molecule has 1 aromatic carbocycles. The summed E-state index contributed by atoms with van der Waals surface area (Å²) in [5.74, 6) is 0.838. The summed E-state index contributed by atoms with van der Waals surface area (Å²) in [7, 11) is 2.93. The number of hydrogen-bond donors (Lipinski definition) is 0. The van der Waals surface area contributed by atoms with Crippen LogP contribution in [-0.2, 0) is 4.74 Å². The van der Waals surface area contributed by atoms with Gasteiger partial charge < -0.3 is 9.47 Å². The van der Waals surface area contributed by atoms with Gasteiger partial charge in [0.2, 0.25) is 0 Å². The van der Waals surface area contributed by atoms with Crippen LogP contribution in [0, 0.1) is 0 Å². The maximum absolute atomic E-state index is 12.1. The molecule has 0 aliphatic carbocycles. The van der Waals surface area contributed by atoms with Crippen molar-refractivity contribution in [3.05, 3.63) is 24.3 Å². The van der Waals surface area contributed by atoms with Crippen molar-refractivity contribution in [2.75, 3.05) is 18.6 Å². The van der Waals surface area contributed by atoms with Crippen molar-refractivity contribution in [3.8, 4) is 5.75 Å². The molecule has 1 rings (SSSR count). The van der Waals surface area contributed by atoms with Gasteiger partial charge in [-0.15, -0.1) is 0 Å². The highest BCUT2D eigenvalue weighted by atomic mass is 28.1. The lowest BCUT2D eigenvalue weighted by atomic mass is 10.1. The lowest BCUT2D eigenvalue weighted by Crippen LogP contribution is -2.35. The molecule has 0 aromatic heterocycles. The normalized spacial score (nSPS) is 11.2. The summed E-state index contributed by atoms with van der Waals surface area (Å²) in [6.07, 6.45) is 1.54. The van der Waals surface area contributed by atoms with E-state index in [0.29, 0.717) is 0 Å². The van der Waals surface area contributed by atoms with Gasteiger partial charge in [0.1, 0.15) is 11.4 Å². The van der Waals surface area contributed by atoms with E-state index in [2.05, 4.69) is 0 Å². The Balaban J connectivity index is 2.62. The van der Waals surface area contributed by atoms with Gasteiger partial charge in [-0.25, -0.2) is 4.79 Å². The van der Waals surface area contributed by atoms with E-state index in [-0.39, 0.29) is 6.09 Å². The Labute approximate surface area is 130 Å². The second kappa shape index (κ2) is 8.07. The van der Waals surface area contributed by atoms with Crippen molar-refractivity contribution < 1.29 is 14.3 Å². The minimum absolute atomic E-state index is 0.341. The molecule has 0 bridgehead atoms. The van der Waals surface area contributed by atoms with Gasteiger partial charge in [0, 0.05) is 23.0 Å². The third-order valence-electron chi connectivity index (χ3n) is 3.48. The number of carbonyl (C=O) groups excluding carboxylic acids is 1. The van der Waals surface area contributed by atoms with Crippen LogP contribution in [-0.4, -0.2) is 35.6 Å². The third kappa shape index (κ3) is 5.79. The number of rotatable bonds is 7. The zero-order valence-corrected chi connectivity index (χ0v) is 15.8. The molecule has 0 radical (unpaired) electrons. The largest absolute Gasteiger partial charge is 0.494 e. The monoisotopic (exact) mass is 309 g/mol. The van der Waals surface area contributed by atoms with E-state index in [0.717, 1.165) is 30.9 Å². The van der Waals surface area contributed by atoms with E-state index in [4.69, 9.17) is 9.47 Å². The van der Waals surface area contributed by atoms with E-state index >= 15 is 0 Å². The Bertz CT molecular complexity index is 445. The first-order chi connectivity index (χ1) is 9.89. The molecule has 0 aliphatic rings. The molecule has 5 heteroatoms. The summed E-state index contributed by atoms with van der Waals surface area (Å²) < 4.78 is 11.1. The van der Waals surface area contributed by atoms with Crippen molar-refractivity contribution in [1.82, 2.24) is 0 Å². The van der Waals surface area contributed by atoms with Gasteiger partial charge in [0.15, 0.2) is 0 Å². The lowest BCUT2D eigenvalue weighted by molar-refractivity contribution is 0.0419.